The van der Waals surface area contributed by atoms with Crippen molar-refractivity contribution in [2.75, 3.05) is 26.2 Å². The smallest absolute Gasteiger partial charge is 0.320 e. The number of hydrogen-bond acceptors (Lipinski definition) is 3. The zero-order valence-electron chi connectivity index (χ0n) is 18.7. The van der Waals surface area contributed by atoms with Crippen LogP contribution in [0, 0.1) is 0 Å². The van der Waals surface area contributed by atoms with Gasteiger partial charge >= 0.3 is 6.03 Å². The standard InChI is InChI=1S/C26H26Cl2N4O2/c27-23-7-1-4-21(14-23)18-32(19-22-5-2-8-24(28)15-22)26(34)31-12-10-30(11-13-31)25(33)16-20-6-3-9-29-17-20/h1-9,14-15,17H,10-13,16,18-19H2. The number of piperazine rings is 1. The van der Waals surface area contributed by atoms with Gasteiger partial charge in [-0.1, -0.05) is 53.5 Å². The van der Waals surface area contributed by atoms with Crippen molar-refractivity contribution in [2.45, 2.75) is 19.5 Å². The van der Waals surface area contributed by atoms with Gasteiger partial charge in [0.05, 0.1) is 6.42 Å². The number of hydrogen-bond donors (Lipinski definition) is 0. The van der Waals surface area contributed by atoms with Gasteiger partial charge in [-0.2, -0.15) is 0 Å². The second-order valence-corrected chi connectivity index (χ2v) is 9.18. The maximum atomic E-state index is 13.5. The second kappa shape index (κ2) is 11.4. The van der Waals surface area contributed by atoms with Crippen LogP contribution >= 0.6 is 23.2 Å². The molecule has 2 aromatic carbocycles. The Morgan fingerprint density at radius 1 is 0.794 bits per heavy atom. The molecule has 1 aliphatic rings. The number of urea groups is 1. The van der Waals surface area contributed by atoms with Crippen LogP contribution < -0.4 is 0 Å². The minimum Gasteiger partial charge on any atom is -0.339 e. The number of pyridine rings is 1. The minimum atomic E-state index is -0.0701. The lowest BCUT2D eigenvalue weighted by Crippen LogP contribution is -2.54. The predicted molar refractivity (Wildman–Crippen MR) is 134 cm³/mol. The quantitative estimate of drug-likeness (QED) is 0.487. The van der Waals surface area contributed by atoms with Gasteiger partial charge in [0.15, 0.2) is 0 Å². The molecule has 1 fully saturated rings. The number of carbonyl (C=O) groups is 2. The Bertz CT molecular complexity index is 1090. The van der Waals surface area contributed by atoms with Crippen LogP contribution in [-0.4, -0.2) is 57.8 Å². The average Bonchev–Trinajstić information content (AvgIpc) is 2.84. The highest BCUT2D eigenvalue weighted by molar-refractivity contribution is 6.30. The molecule has 1 aromatic heterocycles. The number of rotatable bonds is 6. The number of aromatic nitrogens is 1. The topological polar surface area (TPSA) is 56.8 Å². The van der Waals surface area contributed by atoms with Crippen molar-refractivity contribution < 1.29 is 9.59 Å². The molecule has 3 amide bonds. The maximum Gasteiger partial charge on any atom is 0.320 e. The summed E-state index contributed by atoms with van der Waals surface area (Å²) in [4.78, 5) is 35.7. The summed E-state index contributed by atoms with van der Waals surface area (Å²) in [6.07, 6.45) is 3.72. The van der Waals surface area contributed by atoms with Crippen LogP contribution in [0.5, 0.6) is 0 Å². The number of amides is 3. The molecule has 34 heavy (non-hydrogen) atoms. The second-order valence-electron chi connectivity index (χ2n) is 8.30. The summed E-state index contributed by atoms with van der Waals surface area (Å²) >= 11 is 12.3. The molecule has 8 heteroatoms. The van der Waals surface area contributed by atoms with E-state index < -0.39 is 0 Å². The van der Waals surface area contributed by atoms with Crippen molar-refractivity contribution in [3.63, 3.8) is 0 Å². The molecular weight excluding hydrogens is 471 g/mol. The van der Waals surface area contributed by atoms with Crippen molar-refractivity contribution >= 4 is 35.1 Å². The number of carbonyl (C=O) groups excluding carboxylic acids is 2. The van der Waals surface area contributed by atoms with Gasteiger partial charge in [0.2, 0.25) is 5.91 Å². The highest BCUT2D eigenvalue weighted by Gasteiger charge is 2.27. The van der Waals surface area contributed by atoms with Crippen molar-refractivity contribution in [3.05, 3.63) is 99.8 Å². The monoisotopic (exact) mass is 496 g/mol. The molecule has 0 saturated carbocycles. The number of nitrogens with zero attached hydrogens (tertiary/aromatic N) is 4. The molecule has 6 nitrogen and oxygen atoms in total. The highest BCUT2D eigenvalue weighted by Crippen LogP contribution is 2.19. The molecule has 1 aliphatic heterocycles. The van der Waals surface area contributed by atoms with Gasteiger partial charge < -0.3 is 14.7 Å². The fraction of sp³-hybridized carbons (Fsp3) is 0.269. The Morgan fingerprint density at radius 3 is 1.88 bits per heavy atom. The van der Waals surface area contributed by atoms with E-state index in [9.17, 15) is 9.59 Å². The summed E-state index contributed by atoms with van der Waals surface area (Å²) in [6, 6.07) is 18.7. The van der Waals surface area contributed by atoms with Gasteiger partial charge in [-0.15, -0.1) is 0 Å². The molecule has 0 aliphatic carbocycles. The van der Waals surface area contributed by atoms with Crippen LogP contribution in [0.25, 0.3) is 0 Å². The third-order valence-corrected chi connectivity index (χ3v) is 6.25. The van der Waals surface area contributed by atoms with E-state index in [2.05, 4.69) is 4.98 Å². The van der Waals surface area contributed by atoms with E-state index in [1.54, 1.807) is 17.3 Å². The lowest BCUT2D eigenvalue weighted by Gasteiger charge is -2.37. The van der Waals surface area contributed by atoms with E-state index in [0.29, 0.717) is 55.7 Å². The molecular formula is C26H26Cl2N4O2. The zero-order chi connectivity index (χ0) is 23.9. The molecule has 176 valence electrons. The van der Waals surface area contributed by atoms with Crippen LogP contribution in [0.15, 0.2) is 73.1 Å². The Labute approximate surface area is 209 Å². The van der Waals surface area contributed by atoms with Crippen LogP contribution in [0.2, 0.25) is 10.0 Å². The molecule has 0 radical (unpaired) electrons. The van der Waals surface area contributed by atoms with E-state index in [1.807, 2.05) is 70.5 Å². The van der Waals surface area contributed by atoms with Crippen molar-refractivity contribution in [2.24, 2.45) is 0 Å². The van der Waals surface area contributed by atoms with Crippen LogP contribution in [-0.2, 0) is 24.3 Å². The first-order valence-corrected chi connectivity index (χ1v) is 11.9. The fourth-order valence-corrected chi connectivity index (χ4v) is 4.46. The van der Waals surface area contributed by atoms with Crippen molar-refractivity contribution in [1.82, 2.24) is 19.7 Å². The lowest BCUT2D eigenvalue weighted by molar-refractivity contribution is -0.131. The molecule has 0 bridgehead atoms. The molecule has 0 spiro atoms. The summed E-state index contributed by atoms with van der Waals surface area (Å²) in [5.41, 5.74) is 2.79. The van der Waals surface area contributed by atoms with Gasteiger partial charge in [0, 0.05) is 61.7 Å². The zero-order valence-corrected chi connectivity index (χ0v) is 20.3. The van der Waals surface area contributed by atoms with Gasteiger partial charge in [0.25, 0.3) is 0 Å². The number of benzene rings is 2. The first-order chi connectivity index (χ1) is 16.5. The van der Waals surface area contributed by atoms with Gasteiger partial charge in [-0.25, -0.2) is 4.79 Å². The normalized spacial score (nSPS) is 13.6. The molecule has 3 aromatic rings. The summed E-state index contributed by atoms with van der Waals surface area (Å²) in [6.45, 7) is 2.83. The van der Waals surface area contributed by atoms with E-state index in [0.717, 1.165) is 16.7 Å². The van der Waals surface area contributed by atoms with Crippen LogP contribution in [0.4, 0.5) is 4.79 Å². The molecule has 4 rings (SSSR count). The minimum absolute atomic E-state index is 0.0507. The number of halogens is 2. The fourth-order valence-electron chi connectivity index (χ4n) is 4.04. The first-order valence-electron chi connectivity index (χ1n) is 11.2. The Hall–Kier alpha value is -3.09. The summed E-state index contributed by atoms with van der Waals surface area (Å²) in [7, 11) is 0. The molecule has 0 N–H and O–H groups in total. The van der Waals surface area contributed by atoms with Crippen LogP contribution in [0.3, 0.4) is 0 Å². The Balaban J connectivity index is 1.42. The third kappa shape index (κ3) is 6.49. The Morgan fingerprint density at radius 2 is 1.35 bits per heavy atom. The van der Waals surface area contributed by atoms with Crippen LogP contribution in [0.1, 0.15) is 16.7 Å². The van der Waals surface area contributed by atoms with Gasteiger partial charge in [-0.05, 0) is 47.0 Å². The highest BCUT2D eigenvalue weighted by atomic mass is 35.5. The summed E-state index contributed by atoms with van der Waals surface area (Å²) in [5.74, 6) is 0.0507. The van der Waals surface area contributed by atoms with Gasteiger partial charge in [0.1, 0.15) is 0 Å². The first kappa shape index (κ1) is 24.0. The third-order valence-electron chi connectivity index (χ3n) is 5.78. The summed E-state index contributed by atoms with van der Waals surface area (Å²) < 4.78 is 0. The van der Waals surface area contributed by atoms with Gasteiger partial charge in [-0.3, -0.25) is 9.78 Å². The average molecular weight is 497 g/mol. The summed E-state index contributed by atoms with van der Waals surface area (Å²) in [5, 5.41) is 1.27. The van der Waals surface area contributed by atoms with Crippen molar-refractivity contribution in [3.8, 4) is 0 Å². The van der Waals surface area contributed by atoms with E-state index in [-0.39, 0.29) is 11.9 Å². The SMILES string of the molecule is O=C(Cc1cccnc1)N1CCN(C(=O)N(Cc2cccc(Cl)c2)Cc2cccc(Cl)c2)CC1. The molecule has 0 unspecified atom stereocenters. The van der Waals surface area contributed by atoms with E-state index in [4.69, 9.17) is 23.2 Å². The Kier molecular flexibility index (Phi) is 8.03. The van der Waals surface area contributed by atoms with E-state index >= 15 is 0 Å². The lowest BCUT2D eigenvalue weighted by atomic mass is 10.1. The molecule has 1 saturated heterocycles. The molecule has 2 heterocycles. The van der Waals surface area contributed by atoms with Crippen molar-refractivity contribution in [1.29, 1.82) is 0 Å². The predicted octanol–water partition coefficient (Wildman–Crippen LogP) is 4.90. The molecule has 0 atom stereocenters. The largest absolute Gasteiger partial charge is 0.339 e. The maximum absolute atomic E-state index is 13.5. The van der Waals surface area contributed by atoms with E-state index in [1.165, 1.54) is 0 Å².